The van der Waals surface area contributed by atoms with Crippen LogP contribution in [0.15, 0.2) is 45.0 Å². The highest BCUT2D eigenvalue weighted by Crippen LogP contribution is 2.37. The molecule has 4 N–H and O–H groups in total. The molecule has 0 saturated heterocycles. The molecular weight excluding hydrogens is 436 g/mol. The molecule has 1 aliphatic heterocycles. The summed E-state index contributed by atoms with van der Waals surface area (Å²) >= 11 is 6.38. The normalized spacial score (nSPS) is 23.2. The number of hydrogen-bond acceptors (Lipinski definition) is 7. The van der Waals surface area contributed by atoms with E-state index >= 15 is 0 Å². The molecule has 1 aliphatic carbocycles. The van der Waals surface area contributed by atoms with Crippen molar-refractivity contribution in [1.82, 2.24) is 4.98 Å². The van der Waals surface area contributed by atoms with Gasteiger partial charge in [0.25, 0.3) is 0 Å². The number of aliphatic hydroxyl groups is 1. The third-order valence-corrected chi connectivity index (χ3v) is 6.42. The fraction of sp³-hybridized carbons (Fsp3) is 0.520. The van der Waals surface area contributed by atoms with E-state index in [0.29, 0.717) is 47.3 Å². The molecule has 1 aromatic rings. The highest BCUT2D eigenvalue weighted by Gasteiger charge is 2.33. The number of aliphatic imine (C=N–C) groups is 3. The number of aliphatic hydroxyl groups excluding tert-OH is 1. The van der Waals surface area contributed by atoms with E-state index in [2.05, 4.69) is 32.2 Å². The van der Waals surface area contributed by atoms with Crippen LogP contribution < -0.4 is 11.1 Å². The van der Waals surface area contributed by atoms with Gasteiger partial charge in [-0.25, -0.2) is 9.98 Å². The van der Waals surface area contributed by atoms with E-state index in [1.165, 1.54) is 0 Å². The van der Waals surface area contributed by atoms with Gasteiger partial charge in [0, 0.05) is 18.1 Å². The summed E-state index contributed by atoms with van der Waals surface area (Å²) in [6.45, 7) is 5.81. The number of halogens is 1. The number of rotatable bonds is 11. The van der Waals surface area contributed by atoms with Crippen LogP contribution >= 0.6 is 11.6 Å². The summed E-state index contributed by atoms with van der Waals surface area (Å²) in [4.78, 5) is 17.8. The van der Waals surface area contributed by atoms with Crippen molar-refractivity contribution in [3.63, 3.8) is 0 Å². The third-order valence-electron chi connectivity index (χ3n) is 6.13. The second-order valence-electron chi connectivity index (χ2n) is 8.68. The van der Waals surface area contributed by atoms with Gasteiger partial charge in [0.15, 0.2) is 5.82 Å². The van der Waals surface area contributed by atoms with Crippen LogP contribution in [0.1, 0.15) is 44.6 Å². The van der Waals surface area contributed by atoms with Gasteiger partial charge in [0.05, 0.1) is 36.5 Å². The summed E-state index contributed by atoms with van der Waals surface area (Å²) in [5, 5.41) is 13.9. The molecule has 33 heavy (non-hydrogen) atoms. The van der Waals surface area contributed by atoms with Crippen LogP contribution in [0.5, 0.6) is 0 Å². The second kappa shape index (κ2) is 12.7. The van der Waals surface area contributed by atoms with Gasteiger partial charge in [-0.1, -0.05) is 31.0 Å². The first-order chi connectivity index (χ1) is 16.0. The molecule has 178 valence electrons. The summed E-state index contributed by atoms with van der Waals surface area (Å²) in [5.41, 5.74) is 8.58. The van der Waals surface area contributed by atoms with Gasteiger partial charge in [-0.05, 0) is 68.2 Å². The molecule has 0 spiro atoms. The van der Waals surface area contributed by atoms with Crippen molar-refractivity contribution >= 4 is 41.4 Å². The van der Waals surface area contributed by atoms with Crippen molar-refractivity contribution in [2.24, 2.45) is 32.5 Å². The Labute approximate surface area is 201 Å². The zero-order chi connectivity index (χ0) is 23.6. The van der Waals surface area contributed by atoms with Gasteiger partial charge >= 0.3 is 0 Å². The van der Waals surface area contributed by atoms with Gasteiger partial charge in [-0.3, -0.25) is 9.98 Å². The van der Waals surface area contributed by atoms with Crippen LogP contribution in [-0.2, 0) is 0 Å². The number of hydrogen-bond donors (Lipinski definition) is 3. The minimum atomic E-state index is -0.175. The van der Waals surface area contributed by atoms with Crippen LogP contribution in [0.3, 0.4) is 0 Å². The van der Waals surface area contributed by atoms with Crippen molar-refractivity contribution in [1.29, 1.82) is 0 Å². The maximum Gasteiger partial charge on any atom is 0.156 e. The summed E-state index contributed by atoms with van der Waals surface area (Å²) < 4.78 is 0. The van der Waals surface area contributed by atoms with Gasteiger partial charge in [-0.2, -0.15) is 0 Å². The molecule has 0 bridgehead atoms. The number of aryl methyl sites for hydroxylation is 1. The second-order valence-corrected chi connectivity index (χ2v) is 9.09. The molecule has 7 nitrogen and oxygen atoms in total. The quantitative estimate of drug-likeness (QED) is 0.408. The molecule has 2 heterocycles. The Morgan fingerprint density at radius 3 is 3.00 bits per heavy atom. The molecule has 3 atom stereocenters. The first-order valence-corrected chi connectivity index (χ1v) is 12.1. The summed E-state index contributed by atoms with van der Waals surface area (Å²) in [5.74, 6) is 2.05. The van der Waals surface area contributed by atoms with Gasteiger partial charge in [0.2, 0.25) is 0 Å². The highest BCUT2D eigenvalue weighted by atomic mass is 35.5. The fourth-order valence-electron chi connectivity index (χ4n) is 4.33. The first-order valence-electron chi connectivity index (χ1n) is 11.7. The first kappa shape index (κ1) is 25.1. The van der Waals surface area contributed by atoms with E-state index in [9.17, 15) is 5.11 Å². The van der Waals surface area contributed by atoms with E-state index in [0.717, 1.165) is 49.9 Å². The van der Waals surface area contributed by atoms with Crippen LogP contribution in [0.2, 0.25) is 5.02 Å². The largest absolute Gasteiger partial charge is 0.401 e. The Morgan fingerprint density at radius 2 is 2.24 bits per heavy atom. The summed E-state index contributed by atoms with van der Waals surface area (Å²) in [7, 11) is 0. The van der Waals surface area contributed by atoms with E-state index < -0.39 is 0 Å². The molecule has 1 fully saturated rings. The number of aromatic nitrogens is 1. The molecule has 8 heteroatoms. The topological polar surface area (TPSA) is 108 Å². The van der Waals surface area contributed by atoms with Crippen molar-refractivity contribution in [3.05, 3.63) is 40.6 Å². The lowest BCUT2D eigenvalue weighted by molar-refractivity contribution is 0.112. The number of nitrogens with one attached hydrogen (secondary N) is 1. The average molecular weight is 471 g/mol. The molecular formula is C25H35ClN6O. The van der Waals surface area contributed by atoms with E-state index in [1.807, 2.05) is 31.4 Å². The summed E-state index contributed by atoms with van der Waals surface area (Å²) in [6, 6.07) is 1.86. The fourth-order valence-corrected chi connectivity index (χ4v) is 4.61. The van der Waals surface area contributed by atoms with Crippen molar-refractivity contribution in [2.45, 2.75) is 52.1 Å². The van der Waals surface area contributed by atoms with Gasteiger partial charge in [0.1, 0.15) is 5.82 Å². The Balaban J connectivity index is 1.55. The smallest absolute Gasteiger partial charge is 0.156 e. The van der Waals surface area contributed by atoms with Crippen LogP contribution in [0.4, 0.5) is 11.6 Å². The van der Waals surface area contributed by atoms with Gasteiger partial charge in [-0.15, -0.1) is 0 Å². The number of nitrogens with zero attached hydrogens (tertiary/aromatic N) is 4. The lowest BCUT2D eigenvalue weighted by Gasteiger charge is -2.20. The monoisotopic (exact) mass is 470 g/mol. The van der Waals surface area contributed by atoms with E-state index in [4.69, 9.17) is 17.3 Å². The SMILES string of the molecule is CCC[C@@H]1C(CC=Nc2nc(NCC(N)=CC=NCC3=NCC=C3)c(Cl)cc2C)CC[C@@H]1O. The molecule has 0 radical (unpaired) electrons. The number of nitrogens with two attached hydrogens (primary N) is 1. The standard InChI is InChI=1S/C25H35ClN6O/c1-3-5-21-18(7-8-23(21)33)9-13-30-24-17(2)14-22(26)25(32-24)31-15-19(27)10-12-28-16-20-6-4-11-29-20/h4,6,10,12-14,18,21,23,33H,3,5,7-9,11,15-16,27H2,1-2H3,(H,31,32)/t18?,21-,23+/m1/s1. The zero-order valence-electron chi connectivity index (χ0n) is 19.5. The predicted molar refractivity (Wildman–Crippen MR) is 139 cm³/mol. The molecule has 2 aliphatic rings. The lowest BCUT2D eigenvalue weighted by Crippen LogP contribution is -2.19. The average Bonchev–Trinajstić information content (AvgIpc) is 3.43. The van der Waals surface area contributed by atoms with E-state index in [-0.39, 0.29) is 6.10 Å². The van der Waals surface area contributed by atoms with Gasteiger partial charge < -0.3 is 16.2 Å². The Kier molecular flexibility index (Phi) is 9.63. The number of anilines is 1. The van der Waals surface area contributed by atoms with Crippen LogP contribution in [-0.4, -0.2) is 54.0 Å². The van der Waals surface area contributed by atoms with Crippen molar-refractivity contribution in [2.75, 3.05) is 25.0 Å². The molecule has 0 aromatic carbocycles. The Hall–Kier alpha value is -2.51. The predicted octanol–water partition coefficient (Wildman–Crippen LogP) is 4.66. The number of pyridine rings is 1. The maximum absolute atomic E-state index is 10.2. The minimum absolute atomic E-state index is 0.175. The Bertz CT molecular complexity index is 952. The molecule has 3 rings (SSSR count). The van der Waals surface area contributed by atoms with Crippen molar-refractivity contribution < 1.29 is 5.11 Å². The van der Waals surface area contributed by atoms with Crippen LogP contribution in [0, 0.1) is 18.8 Å². The zero-order valence-corrected chi connectivity index (χ0v) is 20.3. The minimum Gasteiger partial charge on any atom is -0.401 e. The number of allylic oxidation sites excluding steroid dienone is 1. The third kappa shape index (κ3) is 7.51. The lowest BCUT2D eigenvalue weighted by atomic mass is 9.88. The maximum atomic E-state index is 10.2. The highest BCUT2D eigenvalue weighted by molar-refractivity contribution is 6.33. The van der Waals surface area contributed by atoms with Crippen LogP contribution in [0.25, 0.3) is 0 Å². The molecule has 1 saturated carbocycles. The molecule has 0 amide bonds. The Morgan fingerprint density at radius 1 is 1.39 bits per heavy atom. The van der Waals surface area contributed by atoms with E-state index in [1.54, 1.807) is 12.3 Å². The molecule has 1 unspecified atom stereocenters. The van der Waals surface area contributed by atoms with Crippen molar-refractivity contribution in [3.8, 4) is 0 Å². The molecule has 1 aromatic heterocycles. The summed E-state index contributed by atoms with van der Waals surface area (Å²) in [6.07, 6.45) is 14.2.